The van der Waals surface area contributed by atoms with Crippen molar-refractivity contribution in [3.05, 3.63) is 23.2 Å². The highest BCUT2D eigenvalue weighted by molar-refractivity contribution is 5.95. The minimum atomic E-state index is -0.471. The number of piperazine rings is 1. The van der Waals surface area contributed by atoms with Gasteiger partial charge in [0.2, 0.25) is 5.91 Å². The predicted octanol–water partition coefficient (Wildman–Crippen LogP) is 1.16. The van der Waals surface area contributed by atoms with E-state index in [4.69, 9.17) is 10.2 Å². The fourth-order valence-electron chi connectivity index (χ4n) is 2.64. The van der Waals surface area contributed by atoms with E-state index in [1.165, 1.54) is 0 Å². The van der Waals surface area contributed by atoms with Gasteiger partial charge in [-0.2, -0.15) is 0 Å². The van der Waals surface area contributed by atoms with Crippen molar-refractivity contribution < 1.29 is 14.0 Å². The van der Waals surface area contributed by atoms with E-state index in [1.807, 2.05) is 20.8 Å². The molecule has 0 radical (unpaired) electrons. The molecule has 0 aromatic carbocycles. The summed E-state index contributed by atoms with van der Waals surface area (Å²) in [6, 6.07) is 1.30. The average molecular weight is 307 g/mol. The molecule has 2 rings (SSSR count). The number of carbonyl (C=O) groups is 2. The fourth-order valence-corrected chi connectivity index (χ4v) is 2.64. The van der Waals surface area contributed by atoms with Crippen LogP contribution in [0.25, 0.3) is 0 Å². The van der Waals surface area contributed by atoms with Crippen LogP contribution in [0.15, 0.2) is 10.5 Å². The molecule has 0 saturated carbocycles. The molecule has 0 unspecified atom stereocenters. The summed E-state index contributed by atoms with van der Waals surface area (Å²) in [4.78, 5) is 28.2. The number of hydrogen-bond acceptors (Lipinski definition) is 4. The zero-order valence-electron chi connectivity index (χ0n) is 13.8. The molecule has 1 aliphatic heterocycles. The van der Waals surface area contributed by atoms with Crippen molar-refractivity contribution in [3.63, 3.8) is 0 Å². The van der Waals surface area contributed by atoms with Crippen molar-refractivity contribution in [1.29, 1.82) is 0 Å². The van der Waals surface area contributed by atoms with Crippen molar-refractivity contribution in [2.24, 2.45) is 11.7 Å². The minimum absolute atomic E-state index is 0.0302. The lowest BCUT2D eigenvalue weighted by Crippen LogP contribution is -2.55. The van der Waals surface area contributed by atoms with Crippen molar-refractivity contribution in [1.82, 2.24) is 9.80 Å². The Morgan fingerprint density at radius 3 is 2.14 bits per heavy atom. The molecule has 1 atom stereocenters. The molecule has 0 bridgehead atoms. The Bertz CT molecular complexity index is 557. The number of hydrogen-bond donors (Lipinski definition) is 1. The van der Waals surface area contributed by atoms with Crippen LogP contribution in [0.3, 0.4) is 0 Å². The van der Waals surface area contributed by atoms with Crippen LogP contribution in [0.1, 0.15) is 35.7 Å². The van der Waals surface area contributed by atoms with Crippen LogP contribution >= 0.6 is 0 Å². The van der Waals surface area contributed by atoms with Crippen molar-refractivity contribution in [2.45, 2.75) is 33.7 Å². The molecule has 1 saturated heterocycles. The van der Waals surface area contributed by atoms with E-state index < -0.39 is 6.04 Å². The van der Waals surface area contributed by atoms with E-state index in [9.17, 15) is 9.59 Å². The minimum Gasteiger partial charge on any atom is -0.466 e. The van der Waals surface area contributed by atoms with Gasteiger partial charge in [0, 0.05) is 26.2 Å². The predicted molar refractivity (Wildman–Crippen MR) is 83.5 cm³/mol. The molecule has 1 aliphatic rings. The van der Waals surface area contributed by atoms with Gasteiger partial charge in [0.1, 0.15) is 11.5 Å². The molecular weight excluding hydrogens is 282 g/mol. The van der Waals surface area contributed by atoms with Gasteiger partial charge in [0.05, 0.1) is 11.6 Å². The summed E-state index contributed by atoms with van der Waals surface area (Å²) in [5, 5.41) is 0. The molecule has 6 nitrogen and oxygen atoms in total. The largest absolute Gasteiger partial charge is 0.466 e. The first-order chi connectivity index (χ1) is 10.3. The van der Waals surface area contributed by atoms with Gasteiger partial charge in [-0.3, -0.25) is 9.59 Å². The number of furan rings is 1. The molecule has 2 N–H and O–H groups in total. The van der Waals surface area contributed by atoms with Gasteiger partial charge in [-0.05, 0) is 25.8 Å². The van der Waals surface area contributed by atoms with E-state index in [0.717, 1.165) is 5.76 Å². The Hall–Kier alpha value is -1.82. The van der Waals surface area contributed by atoms with Crippen LogP contribution in [0, 0.1) is 19.8 Å². The molecule has 6 heteroatoms. The van der Waals surface area contributed by atoms with Gasteiger partial charge in [-0.1, -0.05) is 13.8 Å². The second-order valence-electron chi connectivity index (χ2n) is 6.21. The van der Waals surface area contributed by atoms with Crippen molar-refractivity contribution in [2.75, 3.05) is 26.2 Å². The van der Waals surface area contributed by atoms with E-state index in [0.29, 0.717) is 37.5 Å². The maximum absolute atomic E-state index is 12.5. The first-order valence-electron chi connectivity index (χ1n) is 7.72. The third kappa shape index (κ3) is 3.32. The first kappa shape index (κ1) is 16.5. The normalized spacial score (nSPS) is 17.0. The highest BCUT2D eigenvalue weighted by Crippen LogP contribution is 2.17. The lowest BCUT2D eigenvalue weighted by Gasteiger charge is -2.36. The Kier molecular flexibility index (Phi) is 4.90. The van der Waals surface area contributed by atoms with Crippen LogP contribution < -0.4 is 5.73 Å². The van der Waals surface area contributed by atoms with Crippen LogP contribution in [-0.4, -0.2) is 53.8 Å². The zero-order chi connectivity index (χ0) is 16.4. The number of rotatable bonds is 3. The summed E-state index contributed by atoms with van der Waals surface area (Å²) >= 11 is 0. The molecule has 122 valence electrons. The van der Waals surface area contributed by atoms with Gasteiger partial charge in [0.25, 0.3) is 5.91 Å². The summed E-state index contributed by atoms with van der Waals surface area (Å²) < 4.78 is 5.42. The van der Waals surface area contributed by atoms with Crippen LogP contribution in [0.4, 0.5) is 0 Å². The number of aryl methyl sites for hydroxylation is 2. The molecule has 1 aromatic heterocycles. The van der Waals surface area contributed by atoms with Gasteiger partial charge < -0.3 is 20.0 Å². The Morgan fingerprint density at radius 2 is 1.68 bits per heavy atom. The SMILES string of the molecule is Cc1cc(C(=O)N2CCN(C(=O)[C@@H](N)C(C)C)CC2)c(C)o1. The molecule has 2 amide bonds. The Labute approximate surface area is 131 Å². The molecule has 0 spiro atoms. The van der Waals surface area contributed by atoms with Crippen LogP contribution in [0.2, 0.25) is 0 Å². The molecular formula is C16H25N3O3. The van der Waals surface area contributed by atoms with Crippen molar-refractivity contribution >= 4 is 11.8 Å². The summed E-state index contributed by atoms with van der Waals surface area (Å²) in [5.41, 5.74) is 6.52. The summed E-state index contributed by atoms with van der Waals surface area (Å²) in [6.45, 7) is 9.61. The van der Waals surface area contributed by atoms with Gasteiger partial charge >= 0.3 is 0 Å². The van der Waals surface area contributed by atoms with E-state index in [1.54, 1.807) is 22.8 Å². The van der Waals surface area contributed by atoms with E-state index >= 15 is 0 Å². The smallest absolute Gasteiger partial charge is 0.257 e. The lowest BCUT2D eigenvalue weighted by atomic mass is 10.0. The first-order valence-corrected chi connectivity index (χ1v) is 7.72. The fraction of sp³-hybridized carbons (Fsp3) is 0.625. The summed E-state index contributed by atoms with van der Waals surface area (Å²) in [7, 11) is 0. The van der Waals surface area contributed by atoms with Gasteiger partial charge in [-0.25, -0.2) is 0 Å². The standard InChI is InChI=1S/C16H25N3O3/c1-10(2)14(17)16(21)19-7-5-18(6-8-19)15(20)13-9-11(3)22-12(13)4/h9-10,14H,5-8,17H2,1-4H3/t14-/m0/s1. The number of amides is 2. The van der Waals surface area contributed by atoms with Crippen molar-refractivity contribution in [3.8, 4) is 0 Å². The summed E-state index contributed by atoms with van der Waals surface area (Å²) in [5.74, 6) is 1.43. The van der Waals surface area contributed by atoms with Crippen LogP contribution in [0.5, 0.6) is 0 Å². The maximum Gasteiger partial charge on any atom is 0.257 e. The molecule has 2 heterocycles. The number of nitrogens with zero attached hydrogens (tertiary/aromatic N) is 2. The Balaban J connectivity index is 1.96. The maximum atomic E-state index is 12.5. The monoisotopic (exact) mass is 307 g/mol. The summed E-state index contributed by atoms with van der Waals surface area (Å²) in [6.07, 6.45) is 0. The quantitative estimate of drug-likeness (QED) is 0.909. The second kappa shape index (κ2) is 6.52. The Morgan fingerprint density at radius 1 is 1.14 bits per heavy atom. The third-order valence-corrected chi connectivity index (χ3v) is 4.15. The highest BCUT2D eigenvalue weighted by atomic mass is 16.3. The lowest BCUT2D eigenvalue weighted by molar-refractivity contribution is -0.135. The van der Waals surface area contributed by atoms with Gasteiger partial charge in [0.15, 0.2) is 0 Å². The van der Waals surface area contributed by atoms with Crippen LogP contribution in [-0.2, 0) is 4.79 Å². The molecule has 1 fully saturated rings. The van der Waals surface area contributed by atoms with Gasteiger partial charge in [-0.15, -0.1) is 0 Å². The molecule has 1 aromatic rings. The highest BCUT2D eigenvalue weighted by Gasteiger charge is 2.29. The molecule has 0 aliphatic carbocycles. The second-order valence-corrected chi connectivity index (χ2v) is 6.21. The number of carbonyl (C=O) groups excluding carboxylic acids is 2. The van der Waals surface area contributed by atoms with E-state index in [-0.39, 0.29) is 17.7 Å². The third-order valence-electron chi connectivity index (χ3n) is 4.15. The topological polar surface area (TPSA) is 79.8 Å². The molecule has 22 heavy (non-hydrogen) atoms. The number of nitrogens with two attached hydrogens (primary N) is 1. The zero-order valence-corrected chi connectivity index (χ0v) is 13.8. The van der Waals surface area contributed by atoms with E-state index in [2.05, 4.69) is 0 Å². The average Bonchev–Trinajstić information content (AvgIpc) is 2.83.